The Kier molecular flexibility index (Phi) is 5.49. The lowest BCUT2D eigenvalue weighted by atomic mass is 10.9. The second kappa shape index (κ2) is 5.36. The van der Waals surface area contributed by atoms with Crippen molar-refractivity contribution < 1.29 is 32.4 Å². The quantitative estimate of drug-likeness (QED) is 0.614. The minimum Gasteiger partial charge on any atom is -0.390 e. The van der Waals surface area contributed by atoms with E-state index in [0.717, 1.165) is 21.1 Å². The SMILES string of the molecule is COP(=O)(OC)C(Cl)(Cl)P(=O)(O)OC(C)=O. The molecule has 16 heavy (non-hydrogen) atoms. The summed E-state index contributed by atoms with van der Waals surface area (Å²) in [7, 11) is -7.43. The molecule has 1 atom stereocenters. The molecule has 0 fully saturated rings. The largest absolute Gasteiger partial charge is 0.427 e. The first-order valence-electron chi connectivity index (χ1n) is 3.66. The van der Waals surface area contributed by atoms with Crippen LogP contribution in [0.4, 0.5) is 0 Å². The summed E-state index contributed by atoms with van der Waals surface area (Å²) in [5.41, 5.74) is 0. The zero-order valence-corrected chi connectivity index (χ0v) is 11.8. The Hall–Kier alpha value is 0.390. The Morgan fingerprint density at radius 2 is 1.62 bits per heavy atom. The Labute approximate surface area is 102 Å². The van der Waals surface area contributed by atoms with E-state index in [1.54, 1.807) is 0 Å². The predicted molar refractivity (Wildman–Crippen MR) is 57.7 cm³/mol. The Balaban J connectivity index is 5.42. The molecule has 0 aromatic carbocycles. The van der Waals surface area contributed by atoms with E-state index in [9.17, 15) is 18.8 Å². The Morgan fingerprint density at radius 3 is 1.88 bits per heavy atom. The summed E-state index contributed by atoms with van der Waals surface area (Å²) in [4.78, 5) is 19.9. The first kappa shape index (κ1) is 16.4. The summed E-state index contributed by atoms with van der Waals surface area (Å²) in [5, 5.41) is 0. The monoisotopic (exact) mass is 314 g/mol. The van der Waals surface area contributed by atoms with E-state index in [2.05, 4.69) is 13.6 Å². The molecule has 0 aliphatic rings. The van der Waals surface area contributed by atoms with Crippen LogP contribution >= 0.6 is 38.4 Å². The van der Waals surface area contributed by atoms with Crippen molar-refractivity contribution in [3.05, 3.63) is 0 Å². The summed E-state index contributed by atoms with van der Waals surface area (Å²) >= 11 is 10.9. The lowest BCUT2D eigenvalue weighted by Crippen LogP contribution is -2.19. The standard InChI is InChI=1S/C5H10Cl2O7P2/c1-4(8)14-15(9,10)5(6,7)16(11,12-2)13-3/h1-3H3,(H,9,10). The lowest BCUT2D eigenvalue weighted by molar-refractivity contribution is -0.132. The molecule has 0 saturated carbocycles. The average molecular weight is 315 g/mol. The maximum atomic E-state index is 11.8. The van der Waals surface area contributed by atoms with E-state index >= 15 is 0 Å². The van der Waals surface area contributed by atoms with Crippen molar-refractivity contribution >= 4 is 44.4 Å². The first-order chi connectivity index (χ1) is 7.04. The van der Waals surface area contributed by atoms with Gasteiger partial charge in [-0.3, -0.25) is 9.36 Å². The van der Waals surface area contributed by atoms with Crippen LogP contribution in [0, 0.1) is 0 Å². The van der Waals surface area contributed by atoms with Crippen molar-refractivity contribution in [1.29, 1.82) is 0 Å². The highest BCUT2D eigenvalue weighted by atomic mass is 35.5. The number of alkyl halides is 2. The maximum absolute atomic E-state index is 11.8. The van der Waals surface area contributed by atoms with Gasteiger partial charge in [0, 0.05) is 21.1 Å². The summed E-state index contributed by atoms with van der Waals surface area (Å²) in [6, 6.07) is 0. The molecular formula is C5H10Cl2O7P2. The predicted octanol–water partition coefficient (Wildman–Crippen LogP) is 2.31. The van der Waals surface area contributed by atoms with Gasteiger partial charge in [-0.1, -0.05) is 23.2 Å². The van der Waals surface area contributed by atoms with E-state index in [0.29, 0.717) is 0 Å². The molecule has 0 aromatic heterocycles. The van der Waals surface area contributed by atoms with E-state index in [1.807, 2.05) is 0 Å². The van der Waals surface area contributed by atoms with Crippen LogP contribution < -0.4 is 0 Å². The minimum atomic E-state index is -4.94. The zero-order chi connectivity index (χ0) is 13.2. The van der Waals surface area contributed by atoms with Gasteiger partial charge < -0.3 is 18.5 Å². The number of hydrogen-bond donors (Lipinski definition) is 1. The number of carbonyl (C=O) groups excluding carboxylic acids is 1. The van der Waals surface area contributed by atoms with Crippen LogP contribution in [-0.2, 0) is 27.5 Å². The molecular weight excluding hydrogens is 305 g/mol. The van der Waals surface area contributed by atoms with Crippen LogP contribution in [0.5, 0.6) is 0 Å². The third-order valence-corrected chi connectivity index (χ3v) is 8.22. The van der Waals surface area contributed by atoms with Gasteiger partial charge in [-0.2, -0.15) is 0 Å². The van der Waals surface area contributed by atoms with Crippen molar-refractivity contribution in [1.82, 2.24) is 0 Å². The second-order valence-corrected chi connectivity index (χ2v) is 9.50. The summed E-state index contributed by atoms with van der Waals surface area (Å²) in [6.45, 7) is 0.858. The Morgan fingerprint density at radius 1 is 1.25 bits per heavy atom. The highest BCUT2D eigenvalue weighted by molar-refractivity contribution is 7.80. The van der Waals surface area contributed by atoms with Crippen LogP contribution in [-0.4, -0.2) is 28.9 Å². The van der Waals surface area contributed by atoms with Crippen molar-refractivity contribution in [2.45, 2.75) is 10.7 Å². The smallest absolute Gasteiger partial charge is 0.390 e. The molecule has 0 bridgehead atoms. The molecule has 0 radical (unpaired) electrons. The van der Waals surface area contributed by atoms with E-state index in [1.165, 1.54) is 0 Å². The molecule has 1 N–H and O–H groups in total. The molecule has 0 rings (SSSR count). The van der Waals surface area contributed by atoms with Crippen LogP contribution in [0.3, 0.4) is 0 Å². The molecule has 0 aromatic rings. The van der Waals surface area contributed by atoms with Crippen LogP contribution in [0.1, 0.15) is 6.92 Å². The number of halogens is 2. The molecule has 0 saturated heterocycles. The number of hydrogen-bond acceptors (Lipinski definition) is 6. The maximum Gasteiger partial charge on any atom is 0.427 e. The van der Waals surface area contributed by atoms with Crippen LogP contribution in [0.25, 0.3) is 0 Å². The topological polar surface area (TPSA) is 99.1 Å². The number of rotatable bonds is 5. The first-order valence-corrected chi connectivity index (χ1v) is 7.54. The van der Waals surface area contributed by atoms with Crippen molar-refractivity contribution in [2.24, 2.45) is 0 Å². The minimum absolute atomic E-state index is 0.858. The molecule has 0 aliphatic heterocycles. The van der Waals surface area contributed by atoms with Gasteiger partial charge in [-0.15, -0.1) is 0 Å². The fourth-order valence-electron chi connectivity index (χ4n) is 0.678. The van der Waals surface area contributed by atoms with Gasteiger partial charge in [0.05, 0.1) is 0 Å². The highest BCUT2D eigenvalue weighted by Gasteiger charge is 2.63. The lowest BCUT2D eigenvalue weighted by Gasteiger charge is -2.28. The van der Waals surface area contributed by atoms with Gasteiger partial charge in [0.15, 0.2) is 0 Å². The van der Waals surface area contributed by atoms with Crippen molar-refractivity contribution in [3.63, 3.8) is 0 Å². The average Bonchev–Trinajstić information content (AvgIpc) is 2.14. The van der Waals surface area contributed by atoms with Crippen molar-refractivity contribution in [3.8, 4) is 0 Å². The molecule has 0 amide bonds. The summed E-state index contributed by atoms with van der Waals surface area (Å²) in [6.07, 6.45) is 0. The van der Waals surface area contributed by atoms with E-state index in [4.69, 9.17) is 23.2 Å². The van der Waals surface area contributed by atoms with Gasteiger partial charge in [0.1, 0.15) is 0 Å². The van der Waals surface area contributed by atoms with Gasteiger partial charge in [0.2, 0.25) is 0 Å². The Bertz CT molecular complexity index is 360. The van der Waals surface area contributed by atoms with Gasteiger partial charge >= 0.3 is 25.0 Å². The molecule has 0 heterocycles. The van der Waals surface area contributed by atoms with Gasteiger partial charge in [0.25, 0.3) is 0 Å². The fraction of sp³-hybridized carbons (Fsp3) is 0.800. The van der Waals surface area contributed by atoms with E-state index in [-0.39, 0.29) is 0 Å². The third kappa shape index (κ3) is 2.99. The zero-order valence-electron chi connectivity index (χ0n) is 8.55. The fourth-order valence-corrected chi connectivity index (χ4v) is 4.61. The summed E-state index contributed by atoms with van der Waals surface area (Å²) < 4.78 is 33.2. The van der Waals surface area contributed by atoms with Crippen molar-refractivity contribution in [2.75, 3.05) is 14.2 Å². The van der Waals surface area contributed by atoms with Gasteiger partial charge in [-0.25, -0.2) is 4.57 Å². The van der Waals surface area contributed by atoms with Crippen LogP contribution in [0.2, 0.25) is 0 Å². The second-order valence-electron chi connectivity index (χ2n) is 2.48. The normalized spacial score (nSPS) is 16.6. The highest BCUT2D eigenvalue weighted by Crippen LogP contribution is 2.79. The molecule has 0 spiro atoms. The summed E-state index contributed by atoms with van der Waals surface area (Å²) in [5.74, 6) is -1.12. The van der Waals surface area contributed by atoms with Gasteiger partial charge in [-0.05, 0) is 0 Å². The number of carbonyl (C=O) groups is 1. The molecule has 11 heteroatoms. The molecule has 1 unspecified atom stereocenters. The van der Waals surface area contributed by atoms with Crippen LogP contribution in [0.15, 0.2) is 0 Å². The molecule has 96 valence electrons. The molecule has 7 nitrogen and oxygen atoms in total. The molecule has 0 aliphatic carbocycles. The van der Waals surface area contributed by atoms with E-state index < -0.39 is 25.0 Å². The third-order valence-electron chi connectivity index (χ3n) is 1.40.